The van der Waals surface area contributed by atoms with E-state index < -0.39 is 0 Å². The highest BCUT2D eigenvalue weighted by molar-refractivity contribution is 5.49. The summed E-state index contributed by atoms with van der Waals surface area (Å²) in [6, 6.07) is 3.89. The molecule has 3 nitrogen and oxygen atoms in total. The number of phenolic OH excluding ortho intramolecular Hbond substituents is 1. The van der Waals surface area contributed by atoms with Gasteiger partial charge in [0.25, 0.3) is 0 Å². The number of phenols is 1. The maximum atomic E-state index is 9.85. The van der Waals surface area contributed by atoms with Gasteiger partial charge in [-0.05, 0) is 32.5 Å². The predicted octanol–water partition coefficient (Wildman–Crippen LogP) is 1.99. The van der Waals surface area contributed by atoms with Crippen LogP contribution in [0.15, 0.2) is 12.1 Å². The summed E-state index contributed by atoms with van der Waals surface area (Å²) in [4.78, 5) is 0. The molecule has 0 fully saturated rings. The molecular formula is C11H17NO2. The smallest absolute Gasteiger partial charge is 0.162 e. The first-order valence-corrected chi connectivity index (χ1v) is 4.65. The monoisotopic (exact) mass is 195 g/mol. The quantitative estimate of drug-likeness (QED) is 0.775. The first-order chi connectivity index (χ1) is 6.60. The normalized spacial score (nSPS) is 12.6. The first kappa shape index (κ1) is 10.9. The third-order valence-corrected chi connectivity index (χ3v) is 2.37. The lowest BCUT2D eigenvalue weighted by Crippen LogP contribution is -2.12. The van der Waals surface area contributed by atoms with Crippen LogP contribution in [0.2, 0.25) is 0 Å². The molecule has 0 saturated heterocycles. The fraction of sp³-hybridized carbons (Fsp3) is 0.455. The lowest BCUT2D eigenvalue weighted by molar-refractivity contribution is 0.367. The second-order valence-electron chi connectivity index (χ2n) is 3.42. The molecule has 0 aliphatic carbocycles. The van der Waals surface area contributed by atoms with Gasteiger partial charge in [0.05, 0.1) is 7.11 Å². The van der Waals surface area contributed by atoms with E-state index in [1.54, 1.807) is 7.11 Å². The molecule has 1 rings (SSSR count). The summed E-state index contributed by atoms with van der Waals surface area (Å²) in [6.45, 7) is 3.97. The second-order valence-corrected chi connectivity index (χ2v) is 3.42. The van der Waals surface area contributed by atoms with Gasteiger partial charge in [-0.2, -0.15) is 0 Å². The van der Waals surface area contributed by atoms with Crippen LogP contribution in [0, 0.1) is 6.92 Å². The van der Waals surface area contributed by atoms with Gasteiger partial charge in [0, 0.05) is 11.6 Å². The molecule has 0 aromatic heterocycles. The Balaban J connectivity index is 3.21. The Hall–Kier alpha value is -1.22. The highest BCUT2D eigenvalue weighted by Gasteiger charge is 2.13. The van der Waals surface area contributed by atoms with Crippen LogP contribution in [0.3, 0.4) is 0 Å². The Kier molecular flexibility index (Phi) is 3.36. The summed E-state index contributed by atoms with van der Waals surface area (Å²) >= 11 is 0. The Morgan fingerprint density at radius 2 is 2.07 bits per heavy atom. The van der Waals surface area contributed by atoms with Crippen LogP contribution in [0.1, 0.15) is 24.1 Å². The zero-order valence-electron chi connectivity index (χ0n) is 9.09. The van der Waals surface area contributed by atoms with E-state index in [4.69, 9.17) is 4.74 Å². The molecule has 0 heterocycles. The summed E-state index contributed by atoms with van der Waals surface area (Å²) in [5.74, 6) is 0.752. The molecule has 0 spiro atoms. The average molecular weight is 195 g/mol. The summed E-state index contributed by atoms with van der Waals surface area (Å²) in [6.07, 6.45) is 0. The zero-order valence-corrected chi connectivity index (χ0v) is 9.09. The molecule has 1 aromatic carbocycles. The Morgan fingerprint density at radius 1 is 1.43 bits per heavy atom. The molecule has 0 radical (unpaired) electrons. The number of methoxy groups -OCH3 is 1. The van der Waals surface area contributed by atoms with E-state index in [2.05, 4.69) is 5.32 Å². The Labute approximate surface area is 84.7 Å². The number of hydrogen-bond donors (Lipinski definition) is 2. The molecule has 0 aliphatic heterocycles. The van der Waals surface area contributed by atoms with E-state index in [1.807, 2.05) is 33.0 Å². The molecule has 0 aliphatic rings. The molecular weight excluding hydrogens is 178 g/mol. The molecule has 1 aromatic rings. The van der Waals surface area contributed by atoms with Crippen LogP contribution in [0.4, 0.5) is 0 Å². The third kappa shape index (κ3) is 1.99. The minimum atomic E-state index is 0.115. The summed E-state index contributed by atoms with van der Waals surface area (Å²) < 4.78 is 5.08. The molecule has 3 heteroatoms. The van der Waals surface area contributed by atoms with Crippen molar-refractivity contribution < 1.29 is 9.84 Å². The molecule has 2 N–H and O–H groups in total. The number of aryl methyl sites for hydroxylation is 1. The van der Waals surface area contributed by atoms with Gasteiger partial charge in [-0.1, -0.05) is 6.07 Å². The summed E-state index contributed by atoms with van der Waals surface area (Å²) in [7, 11) is 3.42. The van der Waals surface area contributed by atoms with Crippen molar-refractivity contribution in [1.82, 2.24) is 5.32 Å². The number of benzene rings is 1. The maximum Gasteiger partial charge on any atom is 0.162 e. The van der Waals surface area contributed by atoms with Crippen LogP contribution in [0.5, 0.6) is 11.5 Å². The topological polar surface area (TPSA) is 41.5 Å². The van der Waals surface area contributed by atoms with Gasteiger partial charge in [0.1, 0.15) is 0 Å². The Morgan fingerprint density at radius 3 is 2.57 bits per heavy atom. The average Bonchev–Trinajstić information content (AvgIpc) is 2.19. The van der Waals surface area contributed by atoms with Crippen molar-refractivity contribution in [1.29, 1.82) is 0 Å². The van der Waals surface area contributed by atoms with Crippen LogP contribution in [-0.2, 0) is 0 Å². The van der Waals surface area contributed by atoms with Crippen LogP contribution >= 0.6 is 0 Å². The summed E-state index contributed by atoms with van der Waals surface area (Å²) in [5, 5.41) is 12.9. The lowest BCUT2D eigenvalue weighted by Gasteiger charge is -2.15. The molecule has 0 bridgehead atoms. The van der Waals surface area contributed by atoms with Crippen molar-refractivity contribution in [3.63, 3.8) is 0 Å². The minimum Gasteiger partial charge on any atom is -0.504 e. The number of nitrogens with one attached hydrogen (secondary N) is 1. The van der Waals surface area contributed by atoms with Gasteiger partial charge in [-0.25, -0.2) is 0 Å². The molecule has 0 saturated carbocycles. The van der Waals surface area contributed by atoms with Gasteiger partial charge in [0.15, 0.2) is 11.5 Å². The van der Waals surface area contributed by atoms with Gasteiger partial charge >= 0.3 is 0 Å². The van der Waals surface area contributed by atoms with E-state index in [1.165, 1.54) is 0 Å². The van der Waals surface area contributed by atoms with Crippen LogP contribution in [-0.4, -0.2) is 19.3 Å². The maximum absolute atomic E-state index is 9.85. The van der Waals surface area contributed by atoms with Gasteiger partial charge in [-0.3, -0.25) is 0 Å². The van der Waals surface area contributed by atoms with Crippen molar-refractivity contribution in [3.05, 3.63) is 23.3 Å². The number of ether oxygens (including phenoxy) is 1. The predicted molar refractivity (Wildman–Crippen MR) is 56.9 cm³/mol. The third-order valence-electron chi connectivity index (χ3n) is 2.37. The second kappa shape index (κ2) is 4.33. The van der Waals surface area contributed by atoms with E-state index >= 15 is 0 Å². The van der Waals surface area contributed by atoms with E-state index in [9.17, 15) is 5.11 Å². The molecule has 1 atom stereocenters. The van der Waals surface area contributed by atoms with Crippen LogP contribution < -0.4 is 10.1 Å². The first-order valence-electron chi connectivity index (χ1n) is 4.65. The van der Waals surface area contributed by atoms with Gasteiger partial charge in [0.2, 0.25) is 0 Å². The van der Waals surface area contributed by atoms with Gasteiger partial charge < -0.3 is 15.2 Å². The zero-order chi connectivity index (χ0) is 10.7. The van der Waals surface area contributed by atoms with Crippen LogP contribution in [0.25, 0.3) is 0 Å². The summed E-state index contributed by atoms with van der Waals surface area (Å²) in [5.41, 5.74) is 1.95. The van der Waals surface area contributed by atoms with Crippen molar-refractivity contribution in [3.8, 4) is 11.5 Å². The van der Waals surface area contributed by atoms with E-state index in [-0.39, 0.29) is 11.8 Å². The minimum absolute atomic E-state index is 0.115. The van der Waals surface area contributed by atoms with Crippen molar-refractivity contribution >= 4 is 0 Å². The fourth-order valence-corrected chi connectivity index (χ4v) is 1.41. The number of aromatic hydroxyl groups is 1. The molecule has 0 unspecified atom stereocenters. The van der Waals surface area contributed by atoms with Crippen molar-refractivity contribution in [2.75, 3.05) is 14.2 Å². The standard InChI is InChI=1S/C11H17NO2/c1-7-5-9(8(2)12-3)11(13)10(6-7)14-4/h5-6,8,12-13H,1-4H3/t8-/m1/s1. The lowest BCUT2D eigenvalue weighted by atomic mass is 10.0. The molecule has 14 heavy (non-hydrogen) atoms. The van der Waals surface area contributed by atoms with Crippen molar-refractivity contribution in [2.45, 2.75) is 19.9 Å². The highest BCUT2D eigenvalue weighted by Crippen LogP contribution is 2.34. The fourth-order valence-electron chi connectivity index (χ4n) is 1.41. The highest BCUT2D eigenvalue weighted by atomic mass is 16.5. The van der Waals surface area contributed by atoms with E-state index in [0.717, 1.165) is 11.1 Å². The molecule has 0 amide bonds. The Bertz CT molecular complexity index is 323. The number of hydrogen-bond acceptors (Lipinski definition) is 3. The SMILES string of the molecule is CN[C@H](C)c1cc(C)cc(OC)c1O. The van der Waals surface area contributed by atoms with Gasteiger partial charge in [-0.15, -0.1) is 0 Å². The van der Waals surface area contributed by atoms with E-state index in [0.29, 0.717) is 5.75 Å². The molecule has 78 valence electrons. The van der Waals surface area contributed by atoms with Crippen molar-refractivity contribution in [2.24, 2.45) is 0 Å². The number of rotatable bonds is 3. The largest absolute Gasteiger partial charge is 0.504 e.